The van der Waals surface area contributed by atoms with Gasteiger partial charge < -0.3 is 9.84 Å². The first-order valence-electron chi connectivity index (χ1n) is 5.01. The van der Waals surface area contributed by atoms with Gasteiger partial charge in [-0.3, -0.25) is 0 Å². The molecule has 1 rings (SSSR count). The third-order valence-electron chi connectivity index (χ3n) is 2.64. The minimum Gasteiger partial charge on any atom is -0.497 e. The molecular weight excluding hydrogens is 176 g/mol. The van der Waals surface area contributed by atoms with E-state index in [4.69, 9.17) is 4.74 Å². The Bertz CT molecular complexity index is 266. The standard InChI is InChI=1S/C12H18O2/c1-4-12(13)9(2)10-5-7-11(14-3)8-6-10/h5-9,12-13H,4H2,1-3H3. The number of hydrogen-bond donors (Lipinski definition) is 1. The predicted octanol–water partition coefficient (Wildman–Crippen LogP) is 2.57. The molecule has 1 N–H and O–H groups in total. The van der Waals surface area contributed by atoms with Gasteiger partial charge in [-0.15, -0.1) is 0 Å². The molecule has 1 aromatic carbocycles. The van der Waals surface area contributed by atoms with E-state index in [-0.39, 0.29) is 12.0 Å². The number of aliphatic hydroxyl groups is 1. The van der Waals surface area contributed by atoms with Gasteiger partial charge in [0.2, 0.25) is 0 Å². The lowest BCUT2D eigenvalue weighted by atomic mass is 9.94. The van der Waals surface area contributed by atoms with E-state index < -0.39 is 0 Å². The van der Waals surface area contributed by atoms with Gasteiger partial charge in [0, 0.05) is 5.92 Å². The molecule has 2 unspecified atom stereocenters. The molecule has 0 spiro atoms. The highest BCUT2D eigenvalue weighted by Crippen LogP contribution is 2.23. The lowest BCUT2D eigenvalue weighted by molar-refractivity contribution is 0.145. The van der Waals surface area contributed by atoms with E-state index in [1.54, 1.807) is 7.11 Å². The highest BCUT2D eigenvalue weighted by Gasteiger charge is 2.13. The van der Waals surface area contributed by atoms with Crippen molar-refractivity contribution in [2.75, 3.05) is 7.11 Å². The molecule has 0 saturated carbocycles. The number of ether oxygens (including phenoxy) is 1. The molecule has 0 heterocycles. The number of methoxy groups -OCH3 is 1. The van der Waals surface area contributed by atoms with Crippen molar-refractivity contribution in [3.05, 3.63) is 29.8 Å². The van der Waals surface area contributed by atoms with Crippen LogP contribution in [0.3, 0.4) is 0 Å². The minimum atomic E-state index is -0.261. The third kappa shape index (κ3) is 2.48. The molecule has 0 amide bonds. The minimum absolute atomic E-state index is 0.186. The van der Waals surface area contributed by atoms with Crippen LogP contribution in [0.15, 0.2) is 24.3 Å². The molecule has 1 aromatic rings. The van der Waals surface area contributed by atoms with Crippen molar-refractivity contribution in [1.82, 2.24) is 0 Å². The van der Waals surface area contributed by atoms with Crippen LogP contribution in [0.5, 0.6) is 5.75 Å². The zero-order valence-electron chi connectivity index (χ0n) is 9.03. The second-order valence-corrected chi connectivity index (χ2v) is 3.54. The van der Waals surface area contributed by atoms with Crippen molar-refractivity contribution < 1.29 is 9.84 Å². The maximum absolute atomic E-state index is 9.68. The molecule has 0 aromatic heterocycles. The van der Waals surface area contributed by atoms with Gasteiger partial charge in [0.05, 0.1) is 13.2 Å². The van der Waals surface area contributed by atoms with Crippen LogP contribution in [0.4, 0.5) is 0 Å². The maximum Gasteiger partial charge on any atom is 0.118 e. The number of aliphatic hydroxyl groups excluding tert-OH is 1. The largest absolute Gasteiger partial charge is 0.497 e. The molecule has 0 bridgehead atoms. The fourth-order valence-electron chi connectivity index (χ4n) is 1.48. The van der Waals surface area contributed by atoms with Gasteiger partial charge in [-0.25, -0.2) is 0 Å². The van der Waals surface area contributed by atoms with E-state index in [2.05, 4.69) is 0 Å². The van der Waals surface area contributed by atoms with E-state index in [1.165, 1.54) is 0 Å². The number of rotatable bonds is 4. The van der Waals surface area contributed by atoms with Crippen molar-refractivity contribution in [1.29, 1.82) is 0 Å². The van der Waals surface area contributed by atoms with Gasteiger partial charge in [-0.2, -0.15) is 0 Å². The Kier molecular flexibility index (Phi) is 3.96. The van der Waals surface area contributed by atoms with Crippen molar-refractivity contribution in [3.8, 4) is 5.75 Å². The second-order valence-electron chi connectivity index (χ2n) is 3.54. The average molecular weight is 194 g/mol. The molecule has 0 fully saturated rings. The fraction of sp³-hybridized carbons (Fsp3) is 0.500. The Morgan fingerprint density at radius 1 is 1.29 bits per heavy atom. The first kappa shape index (κ1) is 11.1. The summed E-state index contributed by atoms with van der Waals surface area (Å²) in [6.07, 6.45) is 0.524. The first-order chi connectivity index (χ1) is 6.69. The molecule has 2 nitrogen and oxygen atoms in total. The average Bonchev–Trinajstić information content (AvgIpc) is 2.27. The van der Waals surface area contributed by atoms with Crippen LogP contribution in [-0.2, 0) is 0 Å². The zero-order valence-corrected chi connectivity index (χ0v) is 9.03. The Balaban J connectivity index is 2.75. The molecule has 14 heavy (non-hydrogen) atoms. The van der Waals surface area contributed by atoms with E-state index in [0.717, 1.165) is 17.7 Å². The summed E-state index contributed by atoms with van der Waals surface area (Å²) >= 11 is 0. The van der Waals surface area contributed by atoms with E-state index in [0.29, 0.717) is 0 Å². The SMILES string of the molecule is CCC(O)C(C)c1ccc(OC)cc1. The Hall–Kier alpha value is -1.02. The van der Waals surface area contributed by atoms with Crippen LogP contribution in [0, 0.1) is 0 Å². The highest BCUT2D eigenvalue weighted by atomic mass is 16.5. The van der Waals surface area contributed by atoms with Crippen LogP contribution in [0.2, 0.25) is 0 Å². The smallest absolute Gasteiger partial charge is 0.118 e. The zero-order chi connectivity index (χ0) is 10.6. The summed E-state index contributed by atoms with van der Waals surface area (Å²) < 4.78 is 5.07. The molecule has 2 heteroatoms. The quantitative estimate of drug-likeness (QED) is 0.798. The number of hydrogen-bond acceptors (Lipinski definition) is 2. The van der Waals surface area contributed by atoms with E-state index in [1.807, 2.05) is 38.1 Å². The Morgan fingerprint density at radius 2 is 1.86 bits per heavy atom. The lowest BCUT2D eigenvalue weighted by Crippen LogP contribution is -2.14. The fourth-order valence-corrected chi connectivity index (χ4v) is 1.48. The summed E-state index contributed by atoms with van der Waals surface area (Å²) in [6.45, 7) is 4.03. The van der Waals surface area contributed by atoms with Gasteiger partial charge in [-0.05, 0) is 24.1 Å². The van der Waals surface area contributed by atoms with Crippen molar-refractivity contribution >= 4 is 0 Å². The summed E-state index contributed by atoms with van der Waals surface area (Å²) in [7, 11) is 1.65. The van der Waals surface area contributed by atoms with Crippen LogP contribution >= 0.6 is 0 Å². The first-order valence-corrected chi connectivity index (χ1v) is 5.01. The van der Waals surface area contributed by atoms with Gasteiger partial charge in [0.15, 0.2) is 0 Å². The molecule has 0 aliphatic rings. The highest BCUT2D eigenvalue weighted by molar-refractivity contribution is 5.29. The van der Waals surface area contributed by atoms with Crippen LogP contribution < -0.4 is 4.74 Å². The van der Waals surface area contributed by atoms with E-state index >= 15 is 0 Å². The van der Waals surface area contributed by atoms with Crippen LogP contribution in [0.25, 0.3) is 0 Å². The molecule has 0 radical (unpaired) electrons. The lowest BCUT2D eigenvalue weighted by Gasteiger charge is -2.17. The van der Waals surface area contributed by atoms with Crippen molar-refractivity contribution in [3.63, 3.8) is 0 Å². The van der Waals surface area contributed by atoms with Crippen molar-refractivity contribution in [2.24, 2.45) is 0 Å². The van der Waals surface area contributed by atoms with Gasteiger partial charge >= 0.3 is 0 Å². The summed E-state index contributed by atoms with van der Waals surface area (Å²) in [6, 6.07) is 7.85. The molecule has 0 aliphatic heterocycles. The van der Waals surface area contributed by atoms with Crippen molar-refractivity contribution in [2.45, 2.75) is 32.3 Å². The third-order valence-corrected chi connectivity index (χ3v) is 2.64. The molecule has 2 atom stereocenters. The summed E-state index contributed by atoms with van der Waals surface area (Å²) in [4.78, 5) is 0. The maximum atomic E-state index is 9.68. The summed E-state index contributed by atoms with van der Waals surface area (Å²) in [5.74, 6) is 1.04. The topological polar surface area (TPSA) is 29.5 Å². The van der Waals surface area contributed by atoms with Gasteiger partial charge in [0.25, 0.3) is 0 Å². The van der Waals surface area contributed by atoms with Crippen LogP contribution in [-0.4, -0.2) is 18.3 Å². The Morgan fingerprint density at radius 3 is 2.29 bits per heavy atom. The van der Waals surface area contributed by atoms with Gasteiger partial charge in [-0.1, -0.05) is 26.0 Å². The predicted molar refractivity (Wildman–Crippen MR) is 57.7 cm³/mol. The number of benzene rings is 1. The second kappa shape index (κ2) is 5.01. The molecule has 0 aliphatic carbocycles. The van der Waals surface area contributed by atoms with Gasteiger partial charge in [0.1, 0.15) is 5.75 Å². The summed E-state index contributed by atoms with van der Waals surface area (Å²) in [5, 5.41) is 9.68. The summed E-state index contributed by atoms with van der Waals surface area (Å²) in [5.41, 5.74) is 1.15. The molecule has 0 saturated heterocycles. The molecule has 78 valence electrons. The molecular formula is C12H18O2. The van der Waals surface area contributed by atoms with E-state index in [9.17, 15) is 5.11 Å². The normalized spacial score (nSPS) is 14.9. The Labute approximate surface area is 85.5 Å². The monoisotopic (exact) mass is 194 g/mol. The van der Waals surface area contributed by atoms with Crippen LogP contribution in [0.1, 0.15) is 31.7 Å².